The molecule has 1 aromatic rings. The lowest BCUT2D eigenvalue weighted by atomic mass is 10.0. The molecule has 8 nitrogen and oxygen atoms in total. The highest BCUT2D eigenvalue weighted by Gasteiger charge is 2.43. The Kier molecular flexibility index (Phi) is 7.88. The van der Waals surface area contributed by atoms with Gasteiger partial charge in [0.25, 0.3) is 10.0 Å². The van der Waals surface area contributed by atoms with Crippen molar-refractivity contribution in [3.8, 4) is 0 Å². The highest BCUT2D eigenvalue weighted by molar-refractivity contribution is 8.93. The van der Waals surface area contributed by atoms with Crippen molar-refractivity contribution in [1.29, 1.82) is 0 Å². The van der Waals surface area contributed by atoms with E-state index in [2.05, 4.69) is 10.3 Å². The first-order valence-electron chi connectivity index (χ1n) is 8.86. The number of aliphatic imine (C=N–C) groups is 1. The topological polar surface area (TPSA) is 111 Å². The smallest absolute Gasteiger partial charge is 0.328 e. The monoisotopic (exact) mass is 526 g/mol. The summed E-state index contributed by atoms with van der Waals surface area (Å²) in [5, 5.41) is 14.3. The van der Waals surface area contributed by atoms with Crippen molar-refractivity contribution >= 4 is 61.6 Å². The molecule has 12 heteroatoms. The number of carbonyl (C=O) groups excluding carboxylic acids is 1. The van der Waals surface area contributed by atoms with Gasteiger partial charge in [0.15, 0.2) is 10.9 Å². The third-order valence-corrected chi connectivity index (χ3v) is 8.11. The van der Waals surface area contributed by atoms with Gasteiger partial charge in [0.2, 0.25) is 0 Å². The standard InChI is InChI=1S/C17H23ClN4O4S2.BrH/c1-19-16-22(2)17(24,10-27-16)11-7-8-13(18)14(9-11)28(25,26)21-15(23)20-12-5-3-4-6-12;/h7-9,12,24H,3-6,10H2,1-2H3,(H2,20,21,23);1H. The summed E-state index contributed by atoms with van der Waals surface area (Å²) in [5.41, 5.74) is -1.08. The summed E-state index contributed by atoms with van der Waals surface area (Å²) in [7, 11) is -0.909. The van der Waals surface area contributed by atoms with Crippen LogP contribution >= 0.6 is 40.3 Å². The Hall–Kier alpha value is -1.01. The molecule has 29 heavy (non-hydrogen) atoms. The van der Waals surface area contributed by atoms with Gasteiger partial charge in [-0.25, -0.2) is 17.9 Å². The third-order valence-electron chi connectivity index (χ3n) is 5.04. The van der Waals surface area contributed by atoms with E-state index in [1.807, 2.05) is 4.72 Å². The number of hydrogen-bond acceptors (Lipinski definition) is 6. The summed E-state index contributed by atoms with van der Waals surface area (Å²) in [6, 6.07) is 3.46. The van der Waals surface area contributed by atoms with Crippen molar-refractivity contribution in [2.75, 3.05) is 19.8 Å². The Labute approximate surface area is 190 Å². The number of benzene rings is 1. The van der Waals surface area contributed by atoms with E-state index in [4.69, 9.17) is 11.6 Å². The number of amidine groups is 1. The second-order valence-electron chi connectivity index (χ2n) is 6.88. The molecular formula is C17H24BrClN4O4S2. The first-order chi connectivity index (χ1) is 13.2. The van der Waals surface area contributed by atoms with Gasteiger partial charge < -0.3 is 15.3 Å². The van der Waals surface area contributed by atoms with Crippen LogP contribution in [-0.2, 0) is 15.7 Å². The van der Waals surface area contributed by atoms with Crippen LogP contribution < -0.4 is 10.0 Å². The molecule has 1 aliphatic carbocycles. The summed E-state index contributed by atoms with van der Waals surface area (Å²) in [5.74, 6) is 0.285. The van der Waals surface area contributed by atoms with E-state index in [9.17, 15) is 18.3 Å². The summed E-state index contributed by atoms with van der Waals surface area (Å²) >= 11 is 7.47. The molecule has 0 spiro atoms. The van der Waals surface area contributed by atoms with E-state index in [0.717, 1.165) is 25.7 Å². The van der Waals surface area contributed by atoms with Crippen LogP contribution in [0.15, 0.2) is 28.1 Å². The average molecular weight is 528 g/mol. The van der Waals surface area contributed by atoms with Crippen molar-refractivity contribution in [2.45, 2.75) is 42.3 Å². The molecule has 0 bridgehead atoms. The molecule has 1 atom stereocenters. The van der Waals surface area contributed by atoms with E-state index in [1.54, 1.807) is 25.1 Å². The van der Waals surface area contributed by atoms with Crippen molar-refractivity contribution in [2.24, 2.45) is 4.99 Å². The van der Waals surface area contributed by atoms with Gasteiger partial charge in [-0.15, -0.1) is 17.0 Å². The maximum atomic E-state index is 12.7. The SMILES string of the molecule is Br.CN=C1SCC(O)(c2ccc(Cl)c(S(=O)(=O)NC(=O)NC3CCCC3)c2)N1C. The lowest BCUT2D eigenvalue weighted by Gasteiger charge is -2.31. The van der Waals surface area contributed by atoms with Crippen LogP contribution in [0, 0.1) is 0 Å². The van der Waals surface area contributed by atoms with Crippen molar-refractivity contribution in [3.05, 3.63) is 28.8 Å². The lowest BCUT2D eigenvalue weighted by molar-refractivity contribution is -0.0349. The van der Waals surface area contributed by atoms with Crippen LogP contribution in [0.3, 0.4) is 0 Å². The molecule has 0 radical (unpaired) electrons. The molecule has 3 N–H and O–H groups in total. The highest BCUT2D eigenvalue weighted by atomic mass is 79.9. The molecule has 1 unspecified atom stereocenters. The number of thioether (sulfide) groups is 1. The first kappa shape index (κ1) is 24.3. The van der Waals surface area contributed by atoms with E-state index in [-0.39, 0.29) is 38.7 Å². The first-order valence-corrected chi connectivity index (χ1v) is 11.7. The predicted octanol–water partition coefficient (Wildman–Crippen LogP) is 2.66. The number of carbonyl (C=O) groups is 1. The third kappa shape index (κ3) is 5.01. The summed E-state index contributed by atoms with van der Waals surface area (Å²) in [6.45, 7) is 0. The Morgan fingerprint density at radius 2 is 2.03 bits per heavy atom. The van der Waals surface area contributed by atoms with Crippen molar-refractivity contribution < 1.29 is 18.3 Å². The van der Waals surface area contributed by atoms with Crippen LogP contribution in [0.25, 0.3) is 0 Å². The zero-order valence-electron chi connectivity index (χ0n) is 16.0. The van der Waals surface area contributed by atoms with Gasteiger partial charge in [-0.1, -0.05) is 42.3 Å². The number of hydrogen-bond donors (Lipinski definition) is 3. The van der Waals surface area contributed by atoms with Crippen LogP contribution in [0.5, 0.6) is 0 Å². The minimum absolute atomic E-state index is 0. The maximum absolute atomic E-state index is 12.7. The summed E-state index contributed by atoms with van der Waals surface area (Å²) in [6.07, 6.45) is 3.70. The van der Waals surface area contributed by atoms with Gasteiger partial charge in [0, 0.05) is 25.7 Å². The van der Waals surface area contributed by atoms with Crippen LogP contribution in [0.4, 0.5) is 4.79 Å². The van der Waals surface area contributed by atoms with Crippen LogP contribution in [0.2, 0.25) is 5.02 Å². The molecule has 1 saturated heterocycles. The molecule has 0 aromatic heterocycles. The van der Waals surface area contributed by atoms with E-state index < -0.39 is 21.8 Å². The molecule has 1 aliphatic heterocycles. The number of urea groups is 1. The Bertz CT molecular complexity index is 909. The van der Waals surface area contributed by atoms with E-state index in [0.29, 0.717) is 10.7 Å². The quantitative estimate of drug-likeness (QED) is 0.555. The Morgan fingerprint density at radius 1 is 1.38 bits per heavy atom. The Morgan fingerprint density at radius 3 is 2.62 bits per heavy atom. The van der Waals surface area contributed by atoms with Crippen LogP contribution in [-0.4, -0.2) is 55.5 Å². The minimum Gasteiger partial charge on any atom is -0.366 e. The largest absolute Gasteiger partial charge is 0.366 e. The van der Waals surface area contributed by atoms with Gasteiger partial charge >= 0.3 is 6.03 Å². The molecule has 3 rings (SSSR count). The maximum Gasteiger partial charge on any atom is 0.328 e. The second kappa shape index (κ2) is 9.42. The number of rotatable bonds is 4. The van der Waals surface area contributed by atoms with Gasteiger partial charge in [0.1, 0.15) is 4.90 Å². The van der Waals surface area contributed by atoms with Gasteiger partial charge in [-0.05, 0) is 25.0 Å². The van der Waals surface area contributed by atoms with Gasteiger partial charge in [-0.3, -0.25) is 4.99 Å². The van der Waals surface area contributed by atoms with Crippen molar-refractivity contribution in [1.82, 2.24) is 14.9 Å². The molecule has 1 aromatic carbocycles. The zero-order chi connectivity index (χ0) is 20.5. The predicted molar refractivity (Wildman–Crippen MR) is 120 cm³/mol. The number of aliphatic hydroxyl groups is 1. The van der Waals surface area contributed by atoms with E-state index in [1.165, 1.54) is 23.9 Å². The second-order valence-corrected chi connectivity index (χ2v) is 9.88. The molecule has 1 heterocycles. The molecule has 2 amide bonds. The summed E-state index contributed by atoms with van der Waals surface area (Å²) < 4.78 is 27.5. The normalized spacial score (nSPS) is 23.9. The number of sulfonamides is 1. The van der Waals surface area contributed by atoms with E-state index >= 15 is 0 Å². The molecule has 162 valence electrons. The molecule has 2 aliphatic rings. The molecule has 1 saturated carbocycles. The van der Waals surface area contributed by atoms with Gasteiger partial charge in [-0.2, -0.15) is 0 Å². The zero-order valence-corrected chi connectivity index (χ0v) is 20.1. The Balaban J connectivity index is 0.00000300. The lowest BCUT2D eigenvalue weighted by Crippen LogP contribution is -2.44. The number of amides is 2. The van der Waals surface area contributed by atoms with Crippen molar-refractivity contribution in [3.63, 3.8) is 0 Å². The summed E-state index contributed by atoms with van der Waals surface area (Å²) in [4.78, 5) is 17.5. The molecule has 2 fully saturated rings. The number of halogens is 2. The molecular weight excluding hydrogens is 504 g/mol. The number of nitrogens with one attached hydrogen (secondary N) is 2. The fourth-order valence-corrected chi connectivity index (χ4v) is 6.04. The highest BCUT2D eigenvalue weighted by Crippen LogP contribution is 2.39. The fourth-order valence-electron chi connectivity index (χ4n) is 3.43. The van der Waals surface area contributed by atoms with Crippen LogP contribution in [0.1, 0.15) is 31.2 Å². The van der Waals surface area contributed by atoms with Gasteiger partial charge in [0.05, 0.1) is 10.8 Å². The fraction of sp³-hybridized carbons (Fsp3) is 0.529. The minimum atomic E-state index is -4.21. The number of nitrogens with zero attached hydrogens (tertiary/aromatic N) is 2. The average Bonchev–Trinajstić information content (AvgIpc) is 3.23.